The highest BCUT2D eigenvalue weighted by Gasteiger charge is 2.41. The normalized spacial score (nSPS) is 20.9. The first-order chi connectivity index (χ1) is 15.0. The fourth-order valence-corrected chi connectivity index (χ4v) is 4.64. The number of benzene rings is 2. The van der Waals surface area contributed by atoms with Crippen molar-refractivity contribution in [1.82, 2.24) is 5.32 Å². The Balaban J connectivity index is 1.77. The number of rotatable bonds is 5. The molecule has 0 radical (unpaired) electrons. The molecular formula is C27H29NO3. The zero-order valence-electron chi connectivity index (χ0n) is 18.4. The van der Waals surface area contributed by atoms with Crippen LogP contribution < -0.4 is 5.32 Å². The summed E-state index contributed by atoms with van der Waals surface area (Å²) in [6, 6.07) is 18.3. The van der Waals surface area contributed by atoms with Crippen molar-refractivity contribution in [2.75, 3.05) is 6.61 Å². The van der Waals surface area contributed by atoms with Crippen molar-refractivity contribution >= 4 is 11.8 Å². The van der Waals surface area contributed by atoms with Crippen molar-refractivity contribution in [3.63, 3.8) is 0 Å². The van der Waals surface area contributed by atoms with Gasteiger partial charge < -0.3 is 10.1 Å². The van der Waals surface area contributed by atoms with Gasteiger partial charge in [-0.25, -0.2) is 4.79 Å². The molecule has 1 aliphatic heterocycles. The van der Waals surface area contributed by atoms with E-state index in [0.29, 0.717) is 24.2 Å². The predicted octanol–water partition coefficient (Wildman–Crippen LogP) is 5.31. The van der Waals surface area contributed by atoms with Crippen molar-refractivity contribution in [1.29, 1.82) is 0 Å². The molecule has 2 aromatic carbocycles. The molecule has 2 aliphatic rings. The van der Waals surface area contributed by atoms with Crippen LogP contribution in [0.1, 0.15) is 61.6 Å². The number of ketones is 1. The van der Waals surface area contributed by atoms with E-state index in [0.717, 1.165) is 35.4 Å². The van der Waals surface area contributed by atoms with Crippen LogP contribution in [0.2, 0.25) is 0 Å². The third-order valence-electron chi connectivity index (χ3n) is 6.17. The summed E-state index contributed by atoms with van der Waals surface area (Å²) in [5.74, 6) is -0.506. The Hall–Kier alpha value is -3.14. The molecule has 0 amide bonds. The number of carbonyl (C=O) groups is 2. The van der Waals surface area contributed by atoms with Gasteiger partial charge >= 0.3 is 5.97 Å². The van der Waals surface area contributed by atoms with Gasteiger partial charge in [0.15, 0.2) is 5.78 Å². The monoisotopic (exact) mass is 415 g/mol. The van der Waals surface area contributed by atoms with Gasteiger partial charge in [-0.3, -0.25) is 4.79 Å². The Labute approximate surface area is 184 Å². The number of aryl methyl sites for hydroxylation is 1. The topological polar surface area (TPSA) is 55.4 Å². The maximum atomic E-state index is 13.5. The zero-order chi connectivity index (χ0) is 22.0. The van der Waals surface area contributed by atoms with Gasteiger partial charge in [0, 0.05) is 29.3 Å². The van der Waals surface area contributed by atoms with Crippen LogP contribution in [-0.2, 0) is 14.3 Å². The summed E-state index contributed by atoms with van der Waals surface area (Å²) in [7, 11) is 0. The maximum Gasteiger partial charge on any atom is 0.336 e. The quantitative estimate of drug-likeness (QED) is 0.673. The van der Waals surface area contributed by atoms with Gasteiger partial charge in [-0.05, 0) is 43.7 Å². The van der Waals surface area contributed by atoms with E-state index in [2.05, 4.69) is 17.4 Å². The number of esters is 1. The molecule has 4 heteroatoms. The van der Waals surface area contributed by atoms with Crippen LogP contribution >= 0.6 is 0 Å². The molecule has 0 saturated heterocycles. The average Bonchev–Trinajstić information content (AvgIpc) is 2.77. The van der Waals surface area contributed by atoms with E-state index in [1.807, 2.05) is 63.2 Å². The average molecular weight is 416 g/mol. The van der Waals surface area contributed by atoms with Gasteiger partial charge in [-0.1, -0.05) is 67.1 Å². The first-order valence-corrected chi connectivity index (χ1v) is 11.0. The van der Waals surface area contributed by atoms with E-state index in [-0.39, 0.29) is 17.7 Å². The second kappa shape index (κ2) is 8.93. The Morgan fingerprint density at radius 3 is 2.39 bits per heavy atom. The minimum Gasteiger partial charge on any atom is -0.462 e. The van der Waals surface area contributed by atoms with Gasteiger partial charge in [0.05, 0.1) is 12.2 Å². The van der Waals surface area contributed by atoms with Crippen molar-refractivity contribution < 1.29 is 14.3 Å². The molecule has 2 atom stereocenters. The minimum atomic E-state index is -0.398. The first kappa shape index (κ1) is 21.1. The fraction of sp³-hybridized carbons (Fsp3) is 0.333. The van der Waals surface area contributed by atoms with Crippen LogP contribution in [0.15, 0.2) is 77.1 Å². The molecule has 160 valence electrons. The molecule has 1 aliphatic carbocycles. The lowest BCUT2D eigenvalue weighted by atomic mass is 9.71. The summed E-state index contributed by atoms with van der Waals surface area (Å²) in [6.45, 7) is 6.28. The minimum absolute atomic E-state index is 0.0986. The highest BCUT2D eigenvalue weighted by molar-refractivity contribution is 6.04. The molecule has 1 heterocycles. The van der Waals surface area contributed by atoms with Gasteiger partial charge in [-0.2, -0.15) is 0 Å². The summed E-state index contributed by atoms with van der Waals surface area (Å²) in [6.07, 6.45) is 1.96. The molecule has 31 heavy (non-hydrogen) atoms. The molecule has 4 rings (SSSR count). The third-order valence-corrected chi connectivity index (χ3v) is 6.17. The SMILES string of the molecule is CCCOC(=O)C1=C(C)NC2=C(C(=O)CC(c3ccccc3)C2)C1c1ccc(C)cc1. The van der Waals surface area contributed by atoms with E-state index in [1.165, 1.54) is 5.56 Å². The second-order valence-electron chi connectivity index (χ2n) is 8.47. The van der Waals surface area contributed by atoms with Crippen molar-refractivity contribution in [3.8, 4) is 0 Å². The maximum absolute atomic E-state index is 13.5. The van der Waals surface area contributed by atoms with Gasteiger partial charge in [-0.15, -0.1) is 0 Å². The Morgan fingerprint density at radius 1 is 1.00 bits per heavy atom. The lowest BCUT2D eigenvalue weighted by Crippen LogP contribution is -2.36. The van der Waals surface area contributed by atoms with E-state index in [4.69, 9.17) is 4.74 Å². The molecule has 0 fully saturated rings. The summed E-state index contributed by atoms with van der Waals surface area (Å²) in [5.41, 5.74) is 6.22. The third kappa shape index (κ3) is 4.20. The number of nitrogens with one attached hydrogen (secondary N) is 1. The summed E-state index contributed by atoms with van der Waals surface area (Å²) >= 11 is 0. The molecule has 2 unspecified atom stereocenters. The van der Waals surface area contributed by atoms with E-state index < -0.39 is 5.92 Å². The molecule has 0 saturated carbocycles. The summed E-state index contributed by atoms with van der Waals surface area (Å²) in [4.78, 5) is 26.5. The summed E-state index contributed by atoms with van der Waals surface area (Å²) < 4.78 is 5.51. The lowest BCUT2D eigenvalue weighted by molar-refractivity contribution is -0.139. The van der Waals surface area contributed by atoms with Crippen LogP contribution in [0.5, 0.6) is 0 Å². The van der Waals surface area contributed by atoms with Crippen LogP contribution in [0.3, 0.4) is 0 Å². The number of dihydropyridines is 1. The second-order valence-corrected chi connectivity index (χ2v) is 8.47. The van der Waals surface area contributed by atoms with E-state index in [9.17, 15) is 9.59 Å². The van der Waals surface area contributed by atoms with Crippen molar-refractivity contribution in [2.24, 2.45) is 0 Å². The van der Waals surface area contributed by atoms with Crippen LogP contribution in [0, 0.1) is 6.92 Å². The standard InChI is InChI=1S/C27H29NO3/c1-4-14-31-27(30)24-18(3)28-22-15-21(19-8-6-5-7-9-19)16-23(29)26(22)25(24)20-12-10-17(2)11-13-20/h5-13,21,25,28H,4,14-16H2,1-3H3. The number of hydrogen-bond acceptors (Lipinski definition) is 4. The van der Waals surface area contributed by atoms with Gasteiger partial charge in [0.1, 0.15) is 0 Å². The molecule has 4 nitrogen and oxygen atoms in total. The van der Waals surface area contributed by atoms with E-state index >= 15 is 0 Å². The lowest BCUT2D eigenvalue weighted by Gasteiger charge is -2.36. The number of ether oxygens (including phenoxy) is 1. The Morgan fingerprint density at radius 2 is 1.71 bits per heavy atom. The molecular weight excluding hydrogens is 386 g/mol. The van der Waals surface area contributed by atoms with Crippen LogP contribution in [-0.4, -0.2) is 18.4 Å². The van der Waals surface area contributed by atoms with Crippen molar-refractivity contribution in [3.05, 3.63) is 93.8 Å². The highest BCUT2D eigenvalue weighted by atomic mass is 16.5. The van der Waals surface area contributed by atoms with Gasteiger partial charge in [0.2, 0.25) is 0 Å². The van der Waals surface area contributed by atoms with Crippen molar-refractivity contribution in [2.45, 2.75) is 51.9 Å². The Bertz CT molecular complexity index is 1050. The smallest absolute Gasteiger partial charge is 0.336 e. The fourth-order valence-electron chi connectivity index (χ4n) is 4.64. The van der Waals surface area contributed by atoms with E-state index in [1.54, 1.807) is 0 Å². The number of allylic oxidation sites excluding steroid dienone is 3. The summed E-state index contributed by atoms with van der Waals surface area (Å²) in [5, 5.41) is 3.40. The number of hydrogen-bond donors (Lipinski definition) is 1. The first-order valence-electron chi connectivity index (χ1n) is 11.0. The molecule has 0 aromatic heterocycles. The van der Waals surface area contributed by atoms with Gasteiger partial charge in [0.25, 0.3) is 0 Å². The number of carbonyl (C=O) groups excluding carboxylic acids is 2. The van der Waals surface area contributed by atoms with Crippen LogP contribution in [0.25, 0.3) is 0 Å². The predicted molar refractivity (Wildman–Crippen MR) is 121 cm³/mol. The van der Waals surface area contributed by atoms with Crippen LogP contribution in [0.4, 0.5) is 0 Å². The molecule has 0 spiro atoms. The molecule has 0 bridgehead atoms. The number of Topliss-reactive ketones (excluding diaryl/α,β-unsaturated/α-hetero) is 1. The largest absolute Gasteiger partial charge is 0.462 e. The molecule has 2 aromatic rings. The highest BCUT2D eigenvalue weighted by Crippen LogP contribution is 2.45. The zero-order valence-corrected chi connectivity index (χ0v) is 18.4. The molecule has 1 N–H and O–H groups in total. The Kier molecular flexibility index (Phi) is 6.08.